The predicted molar refractivity (Wildman–Crippen MR) is 73.4 cm³/mol. The number of aromatic nitrogens is 2. The minimum atomic E-state index is 0.818. The summed E-state index contributed by atoms with van der Waals surface area (Å²) in [4.78, 5) is 0. The average molecular weight is 241 g/mol. The molecule has 3 nitrogen and oxygen atoms in total. The van der Waals surface area contributed by atoms with Gasteiger partial charge < -0.3 is 5.32 Å². The van der Waals surface area contributed by atoms with Crippen molar-refractivity contribution in [1.29, 1.82) is 0 Å². The van der Waals surface area contributed by atoms with Crippen molar-refractivity contribution in [2.75, 3.05) is 7.05 Å². The first-order chi connectivity index (χ1) is 8.78. The number of rotatable bonds is 3. The van der Waals surface area contributed by atoms with Gasteiger partial charge in [0.2, 0.25) is 0 Å². The molecule has 18 heavy (non-hydrogen) atoms. The second-order valence-corrected chi connectivity index (χ2v) is 5.01. The summed E-state index contributed by atoms with van der Waals surface area (Å²) in [5.41, 5.74) is 6.62. The zero-order valence-electron chi connectivity index (χ0n) is 11.0. The number of fused-ring (bicyclic) bond motifs is 1. The Balaban J connectivity index is 1.99. The Labute approximate surface area is 108 Å². The van der Waals surface area contributed by atoms with Crippen LogP contribution in [0.3, 0.4) is 0 Å². The molecule has 1 aliphatic carbocycles. The van der Waals surface area contributed by atoms with E-state index in [4.69, 9.17) is 0 Å². The van der Waals surface area contributed by atoms with Gasteiger partial charge in [-0.2, -0.15) is 5.10 Å². The Morgan fingerprint density at radius 1 is 1.22 bits per heavy atom. The highest BCUT2D eigenvalue weighted by Crippen LogP contribution is 2.28. The number of hydrogen-bond acceptors (Lipinski definition) is 2. The van der Waals surface area contributed by atoms with Crippen LogP contribution in [-0.4, -0.2) is 16.8 Å². The van der Waals surface area contributed by atoms with Gasteiger partial charge in [-0.05, 0) is 49.6 Å². The molecule has 94 valence electrons. The molecule has 1 heterocycles. The molecule has 1 N–H and O–H groups in total. The third-order valence-corrected chi connectivity index (χ3v) is 3.68. The summed E-state index contributed by atoms with van der Waals surface area (Å²) in [6.07, 6.45) is 3.77. The number of nitrogens with one attached hydrogen (secondary N) is 1. The molecule has 0 atom stereocenters. The zero-order chi connectivity index (χ0) is 12.5. The van der Waals surface area contributed by atoms with Crippen molar-refractivity contribution in [2.45, 2.75) is 25.8 Å². The lowest BCUT2D eigenvalue weighted by Crippen LogP contribution is -2.05. The van der Waals surface area contributed by atoms with Gasteiger partial charge in [0.1, 0.15) is 0 Å². The van der Waals surface area contributed by atoms with Crippen molar-refractivity contribution in [1.82, 2.24) is 15.1 Å². The van der Waals surface area contributed by atoms with E-state index >= 15 is 0 Å². The van der Waals surface area contributed by atoms with E-state index in [1.807, 2.05) is 18.8 Å². The van der Waals surface area contributed by atoms with Crippen LogP contribution in [0.25, 0.3) is 11.3 Å². The van der Waals surface area contributed by atoms with E-state index < -0.39 is 0 Å². The maximum absolute atomic E-state index is 4.52. The Morgan fingerprint density at radius 2 is 2.06 bits per heavy atom. The summed E-state index contributed by atoms with van der Waals surface area (Å²) in [6.45, 7) is 0.818. The van der Waals surface area contributed by atoms with Gasteiger partial charge >= 0.3 is 0 Å². The van der Waals surface area contributed by atoms with E-state index in [0.717, 1.165) is 12.2 Å². The Hall–Kier alpha value is -1.61. The Bertz CT molecular complexity index is 569. The lowest BCUT2D eigenvalue weighted by atomic mass is 10.0. The highest BCUT2D eigenvalue weighted by atomic mass is 15.3. The minimum Gasteiger partial charge on any atom is -0.314 e. The molecular formula is C15H19N3. The lowest BCUT2D eigenvalue weighted by molar-refractivity contribution is 0.716. The van der Waals surface area contributed by atoms with E-state index in [1.54, 1.807) is 0 Å². The first kappa shape index (κ1) is 11.5. The molecule has 0 amide bonds. The third kappa shape index (κ3) is 1.95. The molecule has 0 bridgehead atoms. The molecule has 0 spiro atoms. The molecule has 0 aliphatic heterocycles. The van der Waals surface area contributed by atoms with Gasteiger partial charge in [-0.3, -0.25) is 4.68 Å². The molecule has 0 unspecified atom stereocenters. The third-order valence-electron chi connectivity index (χ3n) is 3.68. The van der Waals surface area contributed by atoms with Crippen LogP contribution in [0.5, 0.6) is 0 Å². The molecule has 0 radical (unpaired) electrons. The van der Waals surface area contributed by atoms with Crippen LogP contribution in [0.4, 0.5) is 0 Å². The van der Waals surface area contributed by atoms with Gasteiger partial charge in [-0.15, -0.1) is 0 Å². The molecule has 1 aliphatic rings. The fourth-order valence-corrected chi connectivity index (χ4v) is 2.80. The number of nitrogens with zero attached hydrogens (tertiary/aromatic N) is 2. The van der Waals surface area contributed by atoms with Crippen LogP contribution in [-0.2, 0) is 26.4 Å². The monoisotopic (exact) mass is 241 g/mol. The molecule has 0 fully saturated rings. The maximum atomic E-state index is 4.52. The fraction of sp³-hybridized carbons (Fsp3) is 0.400. The number of benzene rings is 1. The fourth-order valence-electron chi connectivity index (χ4n) is 2.80. The largest absolute Gasteiger partial charge is 0.314 e. The quantitative estimate of drug-likeness (QED) is 0.893. The first-order valence-corrected chi connectivity index (χ1v) is 6.57. The molecule has 3 heteroatoms. The summed E-state index contributed by atoms with van der Waals surface area (Å²) in [6, 6.07) is 9.02. The Kier molecular flexibility index (Phi) is 2.92. The molecule has 1 aromatic heterocycles. The van der Waals surface area contributed by atoms with Crippen LogP contribution in [0.2, 0.25) is 0 Å². The molecule has 2 aromatic rings. The summed E-state index contributed by atoms with van der Waals surface area (Å²) in [5, 5.41) is 7.67. The van der Waals surface area contributed by atoms with Crippen molar-refractivity contribution in [3.05, 3.63) is 41.1 Å². The van der Waals surface area contributed by atoms with Crippen LogP contribution in [0, 0.1) is 0 Å². The van der Waals surface area contributed by atoms with E-state index in [9.17, 15) is 0 Å². The van der Waals surface area contributed by atoms with Gasteiger partial charge in [0.05, 0.1) is 11.4 Å². The predicted octanol–water partition coefficient (Wildman–Crippen LogP) is 2.30. The van der Waals surface area contributed by atoms with Gasteiger partial charge in [-0.25, -0.2) is 0 Å². The van der Waals surface area contributed by atoms with Gasteiger partial charge in [-0.1, -0.05) is 12.1 Å². The van der Waals surface area contributed by atoms with E-state index in [2.05, 4.69) is 34.7 Å². The molecular weight excluding hydrogens is 222 g/mol. The zero-order valence-corrected chi connectivity index (χ0v) is 11.0. The highest BCUT2D eigenvalue weighted by molar-refractivity contribution is 5.62. The maximum Gasteiger partial charge on any atom is 0.0768 e. The van der Waals surface area contributed by atoms with E-state index in [0.29, 0.717) is 0 Å². The van der Waals surface area contributed by atoms with Gasteiger partial charge in [0, 0.05) is 19.2 Å². The molecule has 3 rings (SSSR count). The first-order valence-electron chi connectivity index (χ1n) is 6.57. The second-order valence-electron chi connectivity index (χ2n) is 5.01. The Morgan fingerprint density at radius 3 is 2.89 bits per heavy atom. The summed E-state index contributed by atoms with van der Waals surface area (Å²) < 4.78 is 1.98. The van der Waals surface area contributed by atoms with Crippen LogP contribution >= 0.6 is 0 Å². The SMILES string of the molecule is CNCc1cc(-c2ccc3c(c2)CCC3)n(C)n1. The number of aryl methyl sites for hydroxylation is 3. The summed E-state index contributed by atoms with van der Waals surface area (Å²) in [5.74, 6) is 0. The van der Waals surface area contributed by atoms with E-state index in [1.165, 1.54) is 41.6 Å². The highest BCUT2D eigenvalue weighted by Gasteiger charge is 2.13. The molecule has 0 saturated carbocycles. The van der Waals surface area contributed by atoms with Crippen LogP contribution in [0.1, 0.15) is 23.2 Å². The van der Waals surface area contributed by atoms with Crippen molar-refractivity contribution >= 4 is 0 Å². The van der Waals surface area contributed by atoms with Crippen molar-refractivity contribution in [2.24, 2.45) is 7.05 Å². The van der Waals surface area contributed by atoms with Gasteiger partial charge in [0.25, 0.3) is 0 Å². The summed E-state index contributed by atoms with van der Waals surface area (Å²) >= 11 is 0. The standard InChI is InChI=1S/C15H19N3/c1-16-10-14-9-15(18(2)17-14)13-7-6-11-4-3-5-12(11)8-13/h6-9,16H,3-5,10H2,1-2H3. The smallest absolute Gasteiger partial charge is 0.0768 e. The van der Waals surface area contributed by atoms with Gasteiger partial charge in [0.15, 0.2) is 0 Å². The normalized spacial score (nSPS) is 13.9. The van der Waals surface area contributed by atoms with Crippen LogP contribution < -0.4 is 5.32 Å². The van der Waals surface area contributed by atoms with Crippen molar-refractivity contribution in [3.63, 3.8) is 0 Å². The average Bonchev–Trinajstić information content (AvgIpc) is 2.95. The van der Waals surface area contributed by atoms with E-state index in [-0.39, 0.29) is 0 Å². The molecule has 1 aromatic carbocycles. The van der Waals surface area contributed by atoms with Crippen LogP contribution in [0.15, 0.2) is 24.3 Å². The number of hydrogen-bond donors (Lipinski definition) is 1. The molecule has 0 saturated heterocycles. The minimum absolute atomic E-state index is 0.818. The second kappa shape index (κ2) is 4.58. The van der Waals surface area contributed by atoms with Crippen molar-refractivity contribution < 1.29 is 0 Å². The lowest BCUT2D eigenvalue weighted by Gasteiger charge is -2.05. The topological polar surface area (TPSA) is 29.9 Å². The van der Waals surface area contributed by atoms with Crippen molar-refractivity contribution in [3.8, 4) is 11.3 Å². The summed E-state index contributed by atoms with van der Waals surface area (Å²) in [7, 11) is 3.96.